The van der Waals surface area contributed by atoms with Crippen molar-refractivity contribution < 1.29 is 19.1 Å². The second-order valence-corrected chi connectivity index (χ2v) is 8.53. The predicted octanol–water partition coefficient (Wildman–Crippen LogP) is 2.61. The van der Waals surface area contributed by atoms with Crippen molar-refractivity contribution in [1.82, 2.24) is 4.90 Å². The third kappa shape index (κ3) is 1.42. The third-order valence-electron chi connectivity index (χ3n) is 8.05. The van der Waals surface area contributed by atoms with E-state index in [0.29, 0.717) is 12.5 Å². The molecule has 0 N–H and O–H groups in total. The van der Waals surface area contributed by atoms with Crippen LogP contribution in [0.5, 0.6) is 5.75 Å². The van der Waals surface area contributed by atoms with Crippen LogP contribution in [-0.2, 0) is 14.9 Å². The van der Waals surface area contributed by atoms with Crippen LogP contribution in [0.4, 0.5) is 10.5 Å². The number of anilines is 1. The van der Waals surface area contributed by atoms with Crippen LogP contribution in [0.15, 0.2) is 30.4 Å². The topological polar surface area (TPSA) is 59.1 Å². The second-order valence-electron chi connectivity index (χ2n) is 8.53. The van der Waals surface area contributed by atoms with Gasteiger partial charge in [0.05, 0.1) is 31.0 Å². The summed E-state index contributed by atoms with van der Waals surface area (Å²) in [7, 11) is 3.12. The van der Waals surface area contributed by atoms with Gasteiger partial charge in [0.2, 0.25) is 5.91 Å². The Labute approximate surface area is 157 Å². The molecule has 5 aliphatic rings. The van der Waals surface area contributed by atoms with E-state index >= 15 is 0 Å². The number of amides is 2. The van der Waals surface area contributed by atoms with Gasteiger partial charge in [-0.3, -0.25) is 9.69 Å². The van der Waals surface area contributed by atoms with Gasteiger partial charge < -0.3 is 14.4 Å². The van der Waals surface area contributed by atoms with Crippen LogP contribution in [0.25, 0.3) is 0 Å². The summed E-state index contributed by atoms with van der Waals surface area (Å²) in [4.78, 5) is 29.3. The molecule has 6 nitrogen and oxygen atoms in total. The molecule has 2 amide bonds. The third-order valence-corrected chi connectivity index (χ3v) is 8.05. The van der Waals surface area contributed by atoms with E-state index < -0.39 is 0 Å². The van der Waals surface area contributed by atoms with Crippen molar-refractivity contribution in [2.75, 3.05) is 25.7 Å². The second kappa shape index (κ2) is 4.49. The lowest BCUT2D eigenvalue weighted by Crippen LogP contribution is -2.51. The number of fused-ring (bicyclic) bond motifs is 1. The van der Waals surface area contributed by atoms with Crippen LogP contribution in [0, 0.1) is 5.92 Å². The number of ether oxygens (including phenoxy) is 2. The molecule has 1 aromatic rings. The molecule has 3 aliphatic heterocycles. The largest absolute Gasteiger partial charge is 0.497 e. The molecule has 3 heterocycles. The van der Waals surface area contributed by atoms with Crippen molar-refractivity contribution in [2.24, 2.45) is 5.92 Å². The Balaban J connectivity index is 1.60. The van der Waals surface area contributed by atoms with E-state index in [9.17, 15) is 9.59 Å². The molecular formula is C21H22N2O4. The summed E-state index contributed by atoms with van der Waals surface area (Å²) in [6.07, 6.45) is 7.21. The highest BCUT2D eigenvalue weighted by Gasteiger charge is 2.87. The Morgan fingerprint density at radius 2 is 2.11 bits per heavy atom. The fourth-order valence-electron chi connectivity index (χ4n) is 7.15. The normalized spacial score (nSPS) is 39.5. The summed E-state index contributed by atoms with van der Waals surface area (Å²) in [5.41, 5.74) is 1.52. The minimum atomic E-state index is -0.300. The first-order valence-electron chi connectivity index (χ1n) is 9.62. The van der Waals surface area contributed by atoms with Crippen LogP contribution < -0.4 is 9.64 Å². The van der Waals surface area contributed by atoms with E-state index in [4.69, 9.17) is 9.47 Å². The molecule has 1 saturated heterocycles. The van der Waals surface area contributed by atoms with Crippen LogP contribution >= 0.6 is 0 Å². The van der Waals surface area contributed by atoms with Gasteiger partial charge in [0.15, 0.2) is 0 Å². The summed E-state index contributed by atoms with van der Waals surface area (Å²) < 4.78 is 10.7. The highest BCUT2D eigenvalue weighted by molar-refractivity contribution is 5.98. The van der Waals surface area contributed by atoms with Crippen LogP contribution in [0.2, 0.25) is 0 Å². The molecule has 4 unspecified atom stereocenters. The van der Waals surface area contributed by atoms with E-state index in [2.05, 4.69) is 12.1 Å². The lowest BCUT2D eigenvalue weighted by Gasteiger charge is -2.44. The smallest absolute Gasteiger partial charge is 0.414 e. The molecule has 140 valence electrons. The molecular weight excluding hydrogens is 344 g/mol. The average Bonchev–Trinajstić information content (AvgIpc) is 3.07. The molecule has 2 spiro atoms. The number of hydrogen-bond acceptors (Lipinski definition) is 4. The Hall–Kier alpha value is -2.50. The monoisotopic (exact) mass is 366 g/mol. The van der Waals surface area contributed by atoms with E-state index in [0.717, 1.165) is 37.1 Å². The van der Waals surface area contributed by atoms with Crippen molar-refractivity contribution in [1.29, 1.82) is 0 Å². The summed E-state index contributed by atoms with van der Waals surface area (Å²) in [6.45, 7) is 0.683. The number of rotatable bonds is 1. The van der Waals surface area contributed by atoms with Gasteiger partial charge in [-0.2, -0.15) is 0 Å². The van der Waals surface area contributed by atoms with Crippen LogP contribution in [-0.4, -0.2) is 48.7 Å². The van der Waals surface area contributed by atoms with Gasteiger partial charge in [-0.1, -0.05) is 6.08 Å². The fraction of sp³-hybridized carbons (Fsp3) is 0.524. The van der Waals surface area contributed by atoms with E-state index in [1.54, 1.807) is 13.2 Å². The first-order chi connectivity index (χ1) is 13.0. The minimum absolute atomic E-state index is 0.108. The summed E-state index contributed by atoms with van der Waals surface area (Å²) in [6, 6.07) is 6.00. The molecule has 4 atom stereocenters. The van der Waals surface area contributed by atoms with E-state index in [1.165, 1.54) is 12.7 Å². The maximum atomic E-state index is 12.9. The first-order valence-corrected chi connectivity index (χ1v) is 9.62. The van der Waals surface area contributed by atoms with Crippen molar-refractivity contribution in [2.45, 2.75) is 42.2 Å². The minimum Gasteiger partial charge on any atom is -0.497 e. The zero-order valence-electron chi connectivity index (χ0n) is 15.5. The van der Waals surface area contributed by atoms with Gasteiger partial charge >= 0.3 is 6.09 Å². The number of nitrogens with zero attached hydrogens (tertiary/aromatic N) is 2. The summed E-state index contributed by atoms with van der Waals surface area (Å²) >= 11 is 0. The maximum absolute atomic E-state index is 12.9. The summed E-state index contributed by atoms with van der Waals surface area (Å²) in [5, 5.41) is 0. The highest BCUT2D eigenvalue weighted by Crippen LogP contribution is 2.81. The molecule has 27 heavy (non-hydrogen) atoms. The van der Waals surface area contributed by atoms with Crippen molar-refractivity contribution >= 4 is 17.7 Å². The van der Waals surface area contributed by atoms with Crippen molar-refractivity contribution in [3.63, 3.8) is 0 Å². The van der Waals surface area contributed by atoms with Crippen LogP contribution in [0.1, 0.15) is 31.2 Å². The number of benzene rings is 1. The Morgan fingerprint density at radius 1 is 1.26 bits per heavy atom. The lowest BCUT2D eigenvalue weighted by atomic mass is 9.72. The molecule has 2 aliphatic carbocycles. The van der Waals surface area contributed by atoms with Gasteiger partial charge in [0, 0.05) is 18.0 Å². The van der Waals surface area contributed by atoms with Crippen molar-refractivity contribution in [3.8, 4) is 5.75 Å². The van der Waals surface area contributed by atoms with E-state index in [1.807, 2.05) is 21.9 Å². The number of hydrogen-bond donors (Lipinski definition) is 0. The highest BCUT2D eigenvalue weighted by atomic mass is 16.5. The maximum Gasteiger partial charge on any atom is 0.414 e. The van der Waals surface area contributed by atoms with Gasteiger partial charge in [0.25, 0.3) is 0 Å². The SMILES string of the molecule is COC(=O)N1c2ccc(OC)cc2C23CC45C=CC(=O)N4CCC12C3CC5. The molecule has 6 rings (SSSR count). The van der Waals surface area contributed by atoms with Gasteiger partial charge in [-0.15, -0.1) is 0 Å². The molecule has 1 aromatic carbocycles. The quantitative estimate of drug-likeness (QED) is 0.767. The Morgan fingerprint density at radius 3 is 2.89 bits per heavy atom. The van der Waals surface area contributed by atoms with E-state index in [-0.39, 0.29) is 28.5 Å². The summed E-state index contributed by atoms with van der Waals surface area (Å²) in [5.74, 6) is 1.33. The predicted molar refractivity (Wildman–Crippen MR) is 97.8 cm³/mol. The average molecular weight is 366 g/mol. The molecule has 0 radical (unpaired) electrons. The number of methoxy groups -OCH3 is 2. The zero-order valence-corrected chi connectivity index (χ0v) is 15.5. The van der Waals surface area contributed by atoms with Gasteiger partial charge in [-0.05, 0) is 55.4 Å². The molecule has 6 heteroatoms. The first kappa shape index (κ1) is 15.5. The molecule has 3 fully saturated rings. The molecule has 2 bridgehead atoms. The molecule has 0 aromatic heterocycles. The lowest BCUT2D eigenvalue weighted by molar-refractivity contribution is -0.129. The number of carbonyl (C=O) groups is 2. The number of carbonyl (C=O) groups excluding carboxylic acids is 2. The Bertz CT molecular complexity index is 942. The van der Waals surface area contributed by atoms with Crippen LogP contribution in [0.3, 0.4) is 0 Å². The standard InChI is InChI=1S/C21H22N2O4/c1-26-13-3-4-15-14(11-13)20-12-19-7-5-16(20)21(20,23(15)18(25)27-2)9-10-22(19)17(24)6-8-19/h3-4,6,8,11,16H,5,7,9-10,12H2,1-2H3. The van der Waals surface area contributed by atoms with Gasteiger partial charge in [-0.25, -0.2) is 4.79 Å². The van der Waals surface area contributed by atoms with Crippen molar-refractivity contribution in [3.05, 3.63) is 35.9 Å². The fourth-order valence-corrected chi connectivity index (χ4v) is 7.15. The zero-order chi connectivity index (χ0) is 18.6. The Kier molecular flexibility index (Phi) is 2.58. The molecule has 2 saturated carbocycles. The van der Waals surface area contributed by atoms with Gasteiger partial charge in [0.1, 0.15) is 5.75 Å².